The van der Waals surface area contributed by atoms with E-state index in [1.54, 1.807) is 12.1 Å². The molecule has 1 fully saturated rings. The Bertz CT molecular complexity index is 3560. The summed E-state index contributed by atoms with van der Waals surface area (Å²) in [5.74, 6) is -0.0822. The van der Waals surface area contributed by atoms with Crippen molar-refractivity contribution in [2.24, 2.45) is 0 Å². The molecular formula is C49H68N9O18P3S3. The second-order valence-electron chi connectivity index (χ2n) is 20.6. The predicted molar refractivity (Wildman–Crippen MR) is 304 cm³/mol. The molecule has 3 aliphatic heterocycles. The van der Waals surface area contributed by atoms with Crippen molar-refractivity contribution in [1.29, 1.82) is 0 Å². The summed E-state index contributed by atoms with van der Waals surface area (Å²) in [4.78, 5) is 57.1. The van der Waals surface area contributed by atoms with Crippen molar-refractivity contribution in [2.75, 3.05) is 43.4 Å². The number of aliphatic hydroxyl groups excluding tert-OH is 2. The number of benzene rings is 2. The van der Waals surface area contributed by atoms with Crippen LogP contribution in [0.1, 0.15) is 103 Å². The third kappa shape index (κ3) is 15.5. The Labute approximate surface area is 479 Å². The largest absolute Gasteiger partial charge is 0.744 e. The number of aliphatic hydroxyl groups is 2. The first-order valence-corrected chi connectivity index (χ1v) is 34.5. The highest BCUT2D eigenvalue weighted by Crippen LogP contribution is 2.66. The molecule has 10 N–H and O–H groups in total. The maximum atomic E-state index is 12.7. The van der Waals surface area contributed by atoms with E-state index in [1.807, 2.05) is 65.0 Å². The van der Waals surface area contributed by atoms with Gasteiger partial charge in [0.15, 0.2) is 23.4 Å². The van der Waals surface area contributed by atoms with Gasteiger partial charge < -0.3 is 54.7 Å². The molecule has 27 nitrogen and oxygen atoms in total. The van der Waals surface area contributed by atoms with Crippen LogP contribution in [0.15, 0.2) is 94.9 Å². The number of nitrogens with one attached hydrogen (secondary N) is 2. The van der Waals surface area contributed by atoms with Crippen LogP contribution in [0, 0.1) is 0 Å². The number of likely N-dealkylation sites (N-methyl/N-ethyl adjacent to an activating group) is 1. The highest BCUT2D eigenvalue weighted by molar-refractivity contribution is 8.08. The smallest absolute Gasteiger partial charge is 0.487 e. The summed E-state index contributed by atoms with van der Waals surface area (Å²) in [6.45, 7) is 5.78. The van der Waals surface area contributed by atoms with Crippen molar-refractivity contribution >= 4 is 94.3 Å². The highest BCUT2D eigenvalue weighted by atomic mass is 32.5. The van der Waals surface area contributed by atoms with Crippen LogP contribution in [-0.2, 0) is 74.7 Å². The van der Waals surface area contributed by atoms with Crippen LogP contribution in [-0.4, -0.2) is 138 Å². The fourth-order valence-corrected chi connectivity index (χ4v) is 15.8. The predicted octanol–water partition coefficient (Wildman–Crippen LogP) is 5.36. The Morgan fingerprint density at radius 3 is 2.27 bits per heavy atom. The van der Waals surface area contributed by atoms with Gasteiger partial charge in [-0.25, -0.2) is 41.9 Å². The fraction of sp³-hybridized carbons (Fsp3) is 0.490. The van der Waals surface area contributed by atoms with E-state index in [2.05, 4.69) is 43.5 Å². The molecule has 1 saturated heterocycles. The number of unbranched alkanes of at least 4 members (excludes halogenated alkanes) is 5. The van der Waals surface area contributed by atoms with Crippen LogP contribution in [0.4, 0.5) is 17.2 Å². The topological polar surface area (TPSA) is 401 Å². The Kier molecular flexibility index (Phi) is 20.6. The first-order chi connectivity index (χ1) is 38.3. The van der Waals surface area contributed by atoms with Gasteiger partial charge in [0.1, 0.15) is 46.8 Å². The number of allylic oxidation sites excluding steroid dienone is 6. The number of carbonyl (C=O) groups excluding carboxylic acids is 1. The lowest BCUT2D eigenvalue weighted by Gasteiger charge is -2.25. The minimum absolute atomic E-state index is 0.0544. The average molecular weight is 1260 g/mol. The monoisotopic (exact) mass is 1260 g/mol. The van der Waals surface area contributed by atoms with Gasteiger partial charge in [0.05, 0.1) is 28.1 Å². The number of ether oxygens (including phenoxy) is 1. The maximum Gasteiger partial charge on any atom is 0.487 e. The molecule has 2 aromatic heterocycles. The summed E-state index contributed by atoms with van der Waals surface area (Å²) < 4.78 is 118. The van der Waals surface area contributed by atoms with Crippen LogP contribution < -0.4 is 21.0 Å². The molecule has 7 atom stereocenters. The van der Waals surface area contributed by atoms with Crippen LogP contribution in [0.5, 0.6) is 0 Å². The third-order valence-corrected chi connectivity index (χ3v) is 21.3. The summed E-state index contributed by atoms with van der Waals surface area (Å²) in [5, 5.41) is 26.3. The molecular weight excluding hydrogens is 1190 g/mol. The highest BCUT2D eigenvalue weighted by Gasteiger charge is 2.47. The number of phosphoric acid groups is 1. The lowest BCUT2D eigenvalue weighted by molar-refractivity contribution is -0.438. The van der Waals surface area contributed by atoms with Crippen LogP contribution >= 0.6 is 22.3 Å². The number of amides is 1. The van der Waals surface area contributed by atoms with Gasteiger partial charge in [0.25, 0.3) is 10.1 Å². The second-order valence-corrected chi connectivity index (χ2v) is 29.6. The van der Waals surface area contributed by atoms with E-state index in [-0.39, 0.29) is 45.6 Å². The Morgan fingerprint density at radius 2 is 1.57 bits per heavy atom. The summed E-state index contributed by atoms with van der Waals surface area (Å²) >= 11 is 4.78. The van der Waals surface area contributed by atoms with Gasteiger partial charge in [-0.3, -0.25) is 13.9 Å². The molecule has 3 aliphatic rings. The van der Waals surface area contributed by atoms with E-state index in [1.165, 1.54) is 35.2 Å². The number of anilines is 2. The minimum atomic E-state index is -5.54. The molecule has 1 amide bonds. The van der Waals surface area contributed by atoms with Crippen LogP contribution in [0.25, 0.3) is 11.2 Å². The summed E-state index contributed by atoms with van der Waals surface area (Å²) in [6.07, 6.45) is 10.4. The van der Waals surface area contributed by atoms with Crippen molar-refractivity contribution in [3.63, 3.8) is 0 Å². The Balaban J connectivity index is 0.815. The van der Waals surface area contributed by atoms with Gasteiger partial charge in [-0.15, -0.1) is 0 Å². The van der Waals surface area contributed by atoms with E-state index in [0.717, 1.165) is 34.7 Å². The zero-order valence-corrected chi connectivity index (χ0v) is 50.5. The molecule has 450 valence electrons. The molecule has 7 rings (SSSR count). The molecule has 33 heteroatoms. The number of hydrogen-bond donors (Lipinski definition) is 9. The van der Waals surface area contributed by atoms with Crippen molar-refractivity contribution < 1.29 is 87.2 Å². The number of nitrogen functional groups attached to an aromatic ring is 1. The molecule has 5 heterocycles. The fourth-order valence-electron chi connectivity index (χ4n) is 10.1. The average Bonchev–Trinajstić information content (AvgIpc) is 4.10. The molecule has 0 radical (unpaired) electrons. The van der Waals surface area contributed by atoms with Crippen LogP contribution in [0.2, 0.25) is 0 Å². The lowest BCUT2D eigenvalue weighted by atomic mass is 9.81. The number of aromatic nitrogens is 4. The number of imidazole rings is 1. The van der Waals surface area contributed by atoms with E-state index >= 15 is 0 Å². The summed E-state index contributed by atoms with van der Waals surface area (Å²) in [5.41, 5.74) is 9.74. The quantitative estimate of drug-likeness (QED) is 0.0114. The molecule has 4 aromatic rings. The Morgan fingerprint density at radius 1 is 0.890 bits per heavy atom. The molecule has 0 aliphatic carbocycles. The molecule has 0 bridgehead atoms. The third-order valence-electron chi connectivity index (χ3n) is 14.2. The lowest BCUT2D eigenvalue weighted by Crippen LogP contribution is -2.33. The summed E-state index contributed by atoms with van der Waals surface area (Å²) in [7, 11) is -19.7. The first-order valence-electron chi connectivity index (χ1n) is 26.0. The number of nitrogens with two attached hydrogens (primary N) is 1. The molecule has 0 saturated carbocycles. The van der Waals surface area contributed by atoms with Crippen molar-refractivity contribution in [1.82, 2.24) is 29.9 Å². The van der Waals surface area contributed by atoms with Gasteiger partial charge in [-0.2, -0.15) is 17.3 Å². The van der Waals surface area contributed by atoms with Gasteiger partial charge in [-0.1, -0.05) is 44.9 Å². The van der Waals surface area contributed by atoms with Crippen molar-refractivity contribution in [3.05, 3.63) is 96.3 Å². The van der Waals surface area contributed by atoms with E-state index in [4.69, 9.17) is 26.8 Å². The number of carbonyl (C=O) groups is 1. The number of nitrogens with zero attached hydrogens (tertiary/aromatic N) is 6. The number of fused-ring (bicyclic) bond motifs is 3. The standard InChI is InChI=1S/C49H68N9O18P3S3/c1-6-56-36-22-20-32(81(67,68)69)27-34(36)48(2,3)39(56)17-11-9-12-18-40-49(4,5)35-28-33(82(70,71)72)21-23-37(35)57(40)26-16-10-13-19-41(59)51-24-14-7-8-15-25-55-77(62,63)75-78(64,65)76-79(66,80)73-29-38-43(60)44(61)47(74-38)58-31-54-42-45(50)52-30-53-46(42)58/h9,11-12,17-18,20-23,27-28,30-31,38,43-44,47,60-61H,6-8,10,13-16,19,24-26,29H2,1-5H3,(H8-,50,51,52,53,55,59,62,63,64,65,66,67,68,69,70,71,72,80)/t38-,43-,44-,47-,79?/m1/s1. The van der Waals surface area contributed by atoms with Gasteiger partial charge in [0.2, 0.25) is 11.6 Å². The van der Waals surface area contributed by atoms with Crippen molar-refractivity contribution in [2.45, 2.75) is 131 Å². The minimum Gasteiger partial charge on any atom is -0.744 e. The molecule has 3 unspecified atom stereocenters. The maximum absolute atomic E-state index is 12.7. The van der Waals surface area contributed by atoms with Crippen LogP contribution in [0.3, 0.4) is 0 Å². The Hall–Kier alpha value is -4.52. The van der Waals surface area contributed by atoms with Crippen molar-refractivity contribution in [3.8, 4) is 0 Å². The van der Waals surface area contributed by atoms with E-state index < -0.39 is 84.5 Å². The normalized spacial score (nSPS) is 22.5. The van der Waals surface area contributed by atoms with E-state index in [0.29, 0.717) is 70.1 Å². The number of rotatable bonds is 28. The molecule has 0 spiro atoms. The zero-order valence-electron chi connectivity index (χ0n) is 45.4. The molecule has 2 aromatic carbocycles. The second kappa shape index (κ2) is 26.0. The zero-order chi connectivity index (χ0) is 60.2. The van der Waals surface area contributed by atoms with Gasteiger partial charge >= 0.3 is 22.3 Å². The SMILES string of the molecule is CCN1C(=CC=CC=CC2=[N+](CCCCCC(=O)NCCCCCCNP(=O)(O)OP(=O)(O)OP(O)(=S)OC[C@H]3O[C@@H](n4cnc5c(N)ncnc54)[C@H](O)[C@@H]3O)c3ccc(S(=O)(=O)O)cc3C2(C)C)C(C)(C)c2cc(S(=O)(=O)[O-])ccc21. The molecule has 82 heavy (non-hydrogen) atoms. The summed E-state index contributed by atoms with van der Waals surface area (Å²) in [6, 6.07) is 8.95. The number of hydrogen-bond acceptors (Lipinski definition) is 20. The van der Waals surface area contributed by atoms with E-state index in [9.17, 15) is 64.8 Å². The first kappa shape index (κ1) is 65.0. The van der Waals surface area contributed by atoms with Gasteiger partial charge in [-0.05, 0) is 100 Å². The van der Waals surface area contributed by atoms with Gasteiger partial charge in [0, 0.05) is 67.0 Å².